The summed E-state index contributed by atoms with van der Waals surface area (Å²) in [6, 6.07) is 9.77. The highest BCUT2D eigenvalue weighted by molar-refractivity contribution is 5.79. The lowest BCUT2D eigenvalue weighted by Crippen LogP contribution is -2.47. The molecule has 5 heteroatoms. The van der Waals surface area contributed by atoms with Crippen LogP contribution in [0.2, 0.25) is 0 Å². The van der Waals surface area contributed by atoms with E-state index in [0.717, 1.165) is 11.1 Å². The van der Waals surface area contributed by atoms with Gasteiger partial charge in [0.25, 0.3) is 0 Å². The van der Waals surface area contributed by atoms with Gasteiger partial charge in [0.1, 0.15) is 6.04 Å². The van der Waals surface area contributed by atoms with Gasteiger partial charge >= 0.3 is 0 Å². The van der Waals surface area contributed by atoms with Gasteiger partial charge in [0, 0.05) is 17.8 Å². The number of hydrogen-bond donors (Lipinski definition) is 2. The molecule has 1 heterocycles. The molecule has 20 heavy (non-hydrogen) atoms. The number of benzene rings is 1. The highest BCUT2D eigenvalue weighted by Gasteiger charge is 2.17. The van der Waals surface area contributed by atoms with Crippen molar-refractivity contribution in [2.45, 2.75) is 32.5 Å². The molecule has 106 valence electrons. The molecule has 0 fully saturated rings. The summed E-state index contributed by atoms with van der Waals surface area (Å²) >= 11 is 0. The summed E-state index contributed by atoms with van der Waals surface area (Å²) in [7, 11) is 0. The second-order valence-electron chi connectivity index (χ2n) is 5.09. The molecule has 0 aliphatic heterocycles. The Morgan fingerprint density at radius 2 is 2.00 bits per heavy atom. The third-order valence-electron chi connectivity index (χ3n) is 2.99. The summed E-state index contributed by atoms with van der Waals surface area (Å²) < 4.78 is 1.74. The van der Waals surface area contributed by atoms with Crippen molar-refractivity contribution < 1.29 is 4.79 Å². The smallest absolute Gasteiger partial charge is 0.236 e. The predicted octanol–water partition coefficient (Wildman–Crippen LogP) is 1.40. The SMILES string of the molecule is CC(C)NC(Cn1cc(-c2ccccc2)cn1)C(N)=O. The molecular formula is C15H20N4O. The molecule has 2 aromatic rings. The lowest BCUT2D eigenvalue weighted by Gasteiger charge is -2.17. The molecule has 0 aliphatic rings. The van der Waals surface area contributed by atoms with Gasteiger partial charge in [-0.2, -0.15) is 5.10 Å². The lowest BCUT2D eigenvalue weighted by molar-refractivity contribution is -0.120. The minimum absolute atomic E-state index is 0.191. The summed E-state index contributed by atoms with van der Waals surface area (Å²) in [6.07, 6.45) is 3.72. The second-order valence-corrected chi connectivity index (χ2v) is 5.09. The van der Waals surface area contributed by atoms with E-state index in [1.165, 1.54) is 0 Å². The van der Waals surface area contributed by atoms with E-state index in [0.29, 0.717) is 6.54 Å². The van der Waals surface area contributed by atoms with Gasteiger partial charge in [-0.3, -0.25) is 9.48 Å². The molecule has 2 rings (SSSR count). The Hall–Kier alpha value is -2.14. The molecule has 3 N–H and O–H groups in total. The van der Waals surface area contributed by atoms with Crippen LogP contribution >= 0.6 is 0 Å². The van der Waals surface area contributed by atoms with Gasteiger partial charge in [0.15, 0.2) is 0 Å². The Bertz CT molecular complexity index is 562. The van der Waals surface area contributed by atoms with Gasteiger partial charge in [0.2, 0.25) is 5.91 Å². The maximum absolute atomic E-state index is 11.4. The quantitative estimate of drug-likeness (QED) is 0.835. The van der Waals surface area contributed by atoms with Crippen LogP contribution in [0.25, 0.3) is 11.1 Å². The summed E-state index contributed by atoms with van der Waals surface area (Å²) in [6.45, 7) is 4.39. The highest BCUT2D eigenvalue weighted by Crippen LogP contribution is 2.17. The number of aromatic nitrogens is 2. The Labute approximate surface area is 118 Å². The summed E-state index contributed by atoms with van der Waals surface area (Å²) in [5.41, 5.74) is 7.54. The summed E-state index contributed by atoms with van der Waals surface area (Å²) in [5, 5.41) is 7.43. The van der Waals surface area contributed by atoms with Crippen molar-refractivity contribution in [3.8, 4) is 11.1 Å². The van der Waals surface area contributed by atoms with Gasteiger partial charge in [-0.25, -0.2) is 0 Å². The first kappa shape index (κ1) is 14.3. The van der Waals surface area contributed by atoms with Crippen molar-refractivity contribution in [1.82, 2.24) is 15.1 Å². The summed E-state index contributed by atoms with van der Waals surface area (Å²) in [4.78, 5) is 11.4. The van der Waals surface area contributed by atoms with Crippen molar-refractivity contribution in [2.24, 2.45) is 5.73 Å². The first-order valence-corrected chi connectivity index (χ1v) is 6.69. The fourth-order valence-electron chi connectivity index (χ4n) is 2.06. The van der Waals surface area contributed by atoms with Gasteiger partial charge in [-0.1, -0.05) is 44.2 Å². The van der Waals surface area contributed by atoms with Crippen LogP contribution in [0.3, 0.4) is 0 Å². The zero-order valence-electron chi connectivity index (χ0n) is 11.8. The largest absolute Gasteiger partial charge is 0.368 e. The Morgan fingerprint density at radius 3 is 2.60 bits per heavy atom. The number of amides is 1. The number of nitrogens with two attached hydrogens (primary N) is 1. The molecule has 0 saturated carbocycles. The second kappa shape index (κ2) is 6.34. The normalized spacial score (nSPS) is 12.6. The average molecular weight is 272 g/mol. The fourth-order valence-corrected chi connectivity index (χ4v) is 2.06. The van der Waals surface area contributed by atoms with Crippen molar-refractivity contribution in [3.63, 3.8) is 0 Å². The van der Waals surface area contributed by atoms with Crippen LogP contribution < -0.4 is 11.1 Å². The molecule has 1 aromatic heterocycles. The highest BCUT2D eigenvalue weighted by atomic mass is 16.1. The lowest BCUT2D eigenvalue weighted by atomic mass is 10.1. The standard InChI is InChI=1S/C15H20N4O/c1-11(2)18-14(15(16)20)10-19-9-13(8-17-19)12-6-4-3-5-7-12/h3-9,11,14,18H,10H2,1-2H3,(H2,16,20). The minimum atomic E-state index is -0.418. The minimum Gasteiger partial charge on any atom is -0.368 e. The van der Waals surface area contributed by atoms with Gasteiger partial charge in [-0.15, -0.1) is 0 Å². The molecule has 5 nitrogen and oxygen atoms in total. The topological polar surface area (TPSA) is 72.9 Å². The van der Waals surface area contributed by atoms with Crippen molar-refractivity contribution in [2.75, 3.05) is 0 Å². The van der Waals surface area contributed by atoms with Crippen molar-refractivity contribution in [1.29, 1.82) is 0 Å². The molecule has 0 radical (unpaired) electrons. The van der Waals surface area contributed by atoms with E-state index in [4.69, 9.17) is 5.73 Å². The van der Waals surface area contributed by atoms with Crippen LogP contribution in [0.1, 0.15) is 13.8 Å². The number of carbonyl (C=O) groups excluding carboxylic acids is 1. The maximum atomic E-state index is 11.4. The van der Waals surface area contributed by atoms with E-state index < -0.39 is 6.04 Å². The zero-order valence-corrected chi connectivity index (χ0v) is 11.8. The number of carbonyl (C=O) groups is 1. The molecule has 0 spiro atoms. The third-order valence-corrected chi connectivity index (χ3v) is 2.99. The van der Waals surface area contributed by atoms with Crippen LogP contribution in [0, 0.1) is 0 Å². The van der Waals surface area contributed by atoms with Gasteiger partial charge in [-0.05, 0) is 5.56 Å². The van der Waals surface area contributed by atoms with E-state index in [1.807, 2.05) is 50.4 Å². The van der Waals surface area contributed by atoms with Crippen LogP contribution in [0.15, 0.2) is 42.7 Å². The van der Waals surface area contributed by atoms with E-state index in [9.17, 15) is 4.79 Å². The summed E-state index contributed by atoms with van der Waals surface area (Å²) in [5.74, 6) is -0.365. The average Bonchev–Trinajstić information content (AvgIpc) is 2.87. The number of primary amides is 1. The van der Waals surface area contributed by atoms with Gasteiger partial charge in [0.05, 0.1) is 12.7 Å². The van der Waals surface area contributed by atoms with Crippen LogP contribution in [0.5, 0.6) is 0 Å². The van der Waals surface area contributed by atoms with Crippen LogP contribution in [0.4, 0.5) is 0 Å². The first-order chi connectivity index (χ1) is 9.56. The van der Waals surface area contributed by atoms with Crippen molar-refractivity contribution >= 4 is 5.91 Å². The van der Waals surface area contributed by atoms with E-state index in [1.54, 1.807) is 10.9 Å². The molecule has 0 aliphatic carbocycles. The predicted molar refractivity (Wildman–Crippen MR) is 78.9 cm³/mol. The maximum Gasteiger partial charge on any atom is 0.236 e. The molecule has 1 unspecified atom stereocenters. The molecule has 0 saturated heterocycles. The number of nitrogens with zero attached hydrogens (tertiary/aromatic N) is 2. The van der Waals surface area contributed by atoms with Gasteiger partial charge < -0.3 is 11.1 Å². The zero-order chi connectivity index (χ0) is 14.5. The third kappa shape index (κ3) is 3.68. The number of rotatable bonds is 6. The molecule has 0 bridgehead atoms. The van der Waals surface area contributed by atoms with E-state index in [2.05, 4.69) is 10.4 Å². The fraction of sp³-hybridized carbons (Fsp3) is 0.333. The van der Waals surface area contributed by atoms with Crippen LogP contribution in [-0.2, 0) is 11.3 Å². The van der Waals surface area contributed by atoms with E-state index >= 15 is 0 Å². The number of nitrogens with one attached hydrogen (secondary N) is 1. The van der Waals surface area contributed by atoms with E-state index in [-0.39, 0.29) is 11.9 Å². The number of hydrogen-bond acceptors (Lipinski definition) is 3. The molecule has 1 amide bonds. The van der Waals surface area contributed by atoms with Crippen molar-refractivity contribution in [3.05, 3.63) is 42.7 Å². The molecule has 1 aromatic carbocycles. The Balaban J connectivity index is 2.10. The molecular weight excluding hydrogens is 252 g/mol. The Morgan fingerprint density at radius 1 is 1.30 bits per heavy atom. The first-order valence-electron chi connectivity index (χ1n) is 6.69. The molecule has 1 atom stereocenters. The monoisotopic (exact) mass is 272 g/mol. The van der Waals surface area contributed by atoms with Crippen LogP contribution in [-0.4, -0.2) is 27.8 Å². The Kier molecular flexibility index (Phi) is 4.53.